The predicted octanol–water partition coefficient (Wildman–Crippen LogP) is 2.68. The van der Waals surface area contributed by atoms with E-state index in [2.05, 4.69) is 6.58 Å². The Labute approximate surface area is 75.1 Å². The maximum atomic E-state index is 10.5. The predicted molar refractivity (Wildman–Crippen MR) is 48.5 cm³/mol. The highest BCUT2D eigenvalue weighted by Crippen LogP contribution is 2.15. The summed E-state index contributed by atoms with van der Waals surface area (Å²) in [6.45, 7) is 3.52. The fourth-order valence-electron chi connectivity index (χ4n) is 0.854. The summed E-state index contributed by atoms with van der Waals surface area (Å²) in [4.78, 5) is 10.5. The van der Waals surface area contributed by atoms with E-state index in [0.29, 0.717) is 10.6 Å². The molecule has 2 nitrogen and oxygen atoms in total. The van der Waals surface area contributed by atoms with Crippen molar-refractivity contribution in [3.63, 3.8) is 0 Å². The molecule has 0 radical (unpaired) electrons. The van der Waals surface area contributed by atoms with E-state index in [1.807, 2.05) is 0 Å². The lowest BCUT2D eigenvalue weighted by atomic mass is 10.1. The average Bonchev–Trinajstić information content (AvgIpc) is 2.03. The number of hydrogen-bond acceptors (Lipinski definition) is 1. The first-order valence-electron chi connectivity index (χ1n) is 3.30. The summed E-state index contributed by atoms with van der Waals surface area (Å²) in [5.74, 6) is -0.986. The fraction of sp³-hybridized carbons (Fsp3) is 0. The molecule has 1 aromatic rings. The van der Waals surface area contributed by atoms with Gasteiger partial charge in [0, 0.05) is 5.02 Å². The van der Waals surface area contributed by atoms with Crippen LogP contribution in [0.4, 0.5) is 0 Å². The summed E-state index contributed by atoms with van der Waals surface area (Å²) < 4.78 is 0. The number of hydrogen-bond donors (Lipinski definition) is 1. The van der Waals surface area contributed by atoms with Crippen LogP contribution in [0, 0.1) is 0 Å². The van der Waals surface area contributed by atoms with E-state index in [1.165, 1.54) is 12.1 Å². The summed E-state index contributed by atoms with van der Waals surface area (Å²) in [7, 11) is 0. The molecule has 0 spiro atoms. The van der Waals surface area contributed by atoms with Gasteiger partial charge in [-0.3, -0.25) is 0 Å². The number of benzene rings is 1. The van der Waals surface area contributed by atoms with Gasteiger partial charge < -0.3 is 5.11 Å². The third-order valence-electron chi connectivity index (χ3n) is 1.40. The van der Waals surface area contributed by atoms with Crippen molar-refractivity contribution in [2.45, 2.75) is 0 Å². The number of aromatic carboxylic acids is 1. The van der Waals surface area contributed by atoms with Crippen LogP contribution in [0.25, 0.3) is 6.08 Å². The fourth-order valence-corrected chi connectivity index (χ4v) is 1.10. The molecule has 0 atom stereocenters. The standard InChI is InChI=1S/C9H7ClO2/c1-2-6-3-7(9(11)12)5-8(10)4-6/h2-5H,1H2,(H,11,12). The van der Waals surface area contributed by atoms with Gasteiger partial charge in [-0.1, -0.05) is 24.3 Å². The molecular formula is C9H7ClO2. The lowest BCUT2D eigenvalue weighted by molar-refractivity contribution is 0.0697. The Bertz CT molecular complexity index is 331. The van der Waals surface area contributed by atoms with Crippen LogP contribution >= 0.6 is 11.6 Å². The molecule has 12 heavy (non-hydrogen) atoms. The summed E-state index contributed by atoms with van der Waals surface area (Å²) in [5, 5.41) is 9.04. The van der Waals surface area contributed by atoms with Crippen LogP contribution in [0.3, 0.4) is 0 Å². The molecule has 0 aliphatic heterocycles. The number of carboxylic acid groups (broad SMARTS) is 1. The van der Waals surface area contributed by atoms with Gasteiger partial charge in [0.2, 0.25) is 0 Å². The van der Waals surface area contributed by atoms with E-state index in [1.54, 1.807) is 12.1 Å². The maximum absolute atomic E-state index is 10.5. The van der Waals surface area contributed by atoms with Gasteiger partial charge in [-0.25, -0.2) is 4.79 Å². The molecule has 62 valence electrons. The summed E-state index contributed by atoms with van der Waals surface area (Å²) in [5.41, 5.74) is 0.886. The highest BCUT2D eigenvalue weighted by Gasteiger charge is 2.03. The molecule has 0 bridgehead atoms. The Morgan fingerprint density at radius 2 is 2.17 bits per heavy atom. The molecule has 0 aliphatic carbocycles. The van der Waals surface area contributed by atoms with Crippen molar-refractivity contribution in [2.75, 3.05) is 0 Å². The molecule has 0 amide bonds. The molecule has 0 heterocycles. The van der Waals surface area contributed by atoms with Gasteiger partial charge in [-0.05, 0) is 23.8 Å². The minimum atomic E-state index is -0.986. The third-order valence-corrected chi connectivity index (χ3v) is 1.62. The first kappa shape index (κ1) is 8.81. The van der Waals surface area contributed by atoms with Gasteiger partial charge in [-0.15, -0.1) is 0 Å². The van der Waals surface area contributed by atoms with E-state index in [9.17, 15) is 4.79 Å². The Balaban J connectivity index is 3.23. The molecular weight excluding hydrogens is 176 g/mol. The van der Waals surface area contributed by atoms with E-state index >= 15 is 0 Å². The largest absolute Gasteiger partial charge is 0.478 e. The zero-order valence-electron chi connectivity index (χ0n) is 6.25. The van der Waals surface area contributed by atoms with Crippen LogP contribution in [0.5, 0.6) is 0 Å². The van der Waals surface area contributed by atoms with E-state index in [-0.39, 0.29) is 5.56 Å². The summed E-state index contributed by atoms with van der Waals surface area (Å²) in [6, 6.07) is 4.57. The number of carboxylic acids is 1. The molecule has 0 saturated carbocycles. The van der Waals surface area contributed by atoms with Crippen LogP contribution in [-0.2, 0) is 0 Å². The van der Waals surface area contributed by atoms with Crippen LogP contribution in [0.15, 0.2) is 24.8 Å². The molecule has 0 unspecified atom stereocenters. The van der Waals surface area contributed by atoms with Gasteiger partial charge in [0.05, 0.1) is 5.56 Å². The lowest BCUT2D eigenvalue weighted by Crippen LogP contribution is -1.95. The van der Waals surface area contributed by atoms with Crippen LogP contribution in [0.1, 0.15) is 15.9 Å². The second-order valence-electron chi connectivity index (χ2n) is 2.28. The van der Waals surface area contributed by atoms with Gasteiger partial charge in [-0.2, -0.15) is 0 Å². The first-order chi connectivity index (χ1) is 5.63. The van der Waals surface area contributed by atoms with E-state index < -0.39 is 5.97 Å². The van der Waals surface area contributed by atoms with Crippen molar-refractivity contribution < 1.29 is 9.90 Å². The molecule has 3 heteroatoms. The number of halogens is 1. The smallest absolute Gasteiger partial charge is 0.335 e. The highest BCUT2D eigenvalue weighted by molar-refractivity contribution is 6.31. The van der Waals surface area contributed by atoms with Crippen LogP contribution in [0.2, 0.25) is 5.02 Å². The molecule has 0 fully saturated rings. The number of rotatable bonds is 2. The Morgan fingerprint density at radius 3 is 2.67 bits per heavy atom. The van der Waals surface area contributed by atoms with Crippen molar-refractivity contribution >= 4 is 23.6 Å². The zero-order chi connectivity index (χ0) is 9.14. The maximum Gasteiger partial charge on any atom is 0.335 e. The lowest BCUT2D eigenvalue weighted by Gasteiger charge is -1.98. The Kier molecular flexibility index (Phi) is 2.51. The van der Waals surface area contributed by atoms with Gasteiger partial charge in [0.1, 0.15) is 0 Å². The molecule has 0 saturated heterocycles. The van der Waals surface area contributed by atoms with Crippen molar-refractivity contribution in [1.82, 2.24) is 0 Å². The second-order valence-corrected chi connectivity index (χ2v) is 2.72. The van der Waals surface area contributed by atoms with E-state index in [0.717, 1.165) is 0 Å². The highest BCUT2D eigenvalue weighted by atomic mass is 35.5. The van der Waals surface area contributed by atoms with Gasteiger partial charge in [0.25, 0.3) is 0 Å². The Morgan fingerprint density at radius 1 is 1.50 bits per heavy atom. The van der Waals surface area contributed by atoms with Crippen LogP contribution in [-0.4, -0.2) is 11.1 Å². The monoisotopic (exact) mass is 182 g/mol. The summed E-state index contributed by atoms with van der Waals surface area (Å²) in [6.07, 6.45) is 1.55. The second kappa shape index (κ2) is 3.41. The van der Waals surface area contributed by atoms with Crippen molar-refractivity contribution in [3.8, 4) is 0 Å². The van der Waals surface area contributed by atoms with Gasteiger partial charge in [0.15, 0.2) is 0 Å². The first-order valence-corrected chi connectivity index (χ1v) is 3.67. The van der Waals surface area contributed by atoms with Crippen LogP contribution < -0.4 is 0 Å². The van der Waals surface area contributed by atoms with Crippen molar-refractivity contribution in [1.29, 1.82) is 0 Å². The normalized spacial score (nSPS) is 9.42. The molecule has 1 rings (SSSR count). The third kappa shape index (κ3) is 1.86. The molecule has 0 aromatic heterocycles. The number of carbonyl (C=O) groups is 1. The SMILES string of the molecule is C=Cc1cc(Cl)cc(C(=O)O)c1. The summed E-state index contributed by atoms with van der Waals surface area (Å²) >= 11 is 5.66. The topological polar surface area (TPSA) is 37.3 Å². The molecule has 1 aromatic carbocycles. The van der Waals surface area contributed by atoms with Gasteiger partial charge >= 0.3 is 5.97 Å². The molecule has 1 N–H and O–H groups in total. The zero-order valence-corrected chi connectivity index (χ0v) is 7.01. The minimum Gasteiger partial charge on any atom is -0.478 e. The van der Waals surface area contributed by atoms with Crippen molar-refractivity contribution in [3.05, 3.63) is 40.9 Å². The Hall–Kier alpha value is -1.28. The quantitative estimate of drug-likeness (QED) is 0.764. The minimum absolute atomic E-state index is 0.178. The average molecular weight is 183 g/mol. The molecule has 0 aliphatic rings. The van der Waals surface area contributed by atoms with E-state index in [4.69, 9.17) is 16.7 Å². The van der Waals surface area contributed by atoms with Crippen molar-refractivity contribution in [2.24, 2.45) is 0 Å².